The van der Waals surface area contributed by atoms with Gasteiger partial charge in [-0.25, -0.2) is 0 Å². The number of carboxylic acid groups (broad SMARTS) is 1. The van der Waals surface area contributed by atoms with Crippen LogP contribution in [0.25, 0.3) is 0 Å². The van der Waals surface area contributed by atoms with Gasteiger partial charge in [-0.1, -0.05) is 38.5 Å². The minimum atomic E-state index is -0.712. The number of carbonyl (C=O) groups excluding carboxylic acids is 1. The third-order valence-corrected chi connectivity index (χ3v) is 9.59. The summed E-state index contributed by atoms with van der Waals surface area (Å²) in [5.74, 6) is -0.552. The lowest BCUT2D eigenvalue weighted by Gasteiger charge is -2.59. The first-order chi connectivity index (χ1) is 14.7. The number of allylic oxidation sites excluding steroid dienone is 7. The van der Waals surface area contributed by atoms with Gasteiger partial charge in [-0.15, -0.1) is 0 Å². The number of hydrogen-bond acceptors (Lipinski definition) is 3. The lowest BCUT2D eigenvalue weighted by molar-refractivity contribution is -0.147. The van der Waals surface area contributed by atoms with Crippen LogP contribution in [-0.2, 0) is 9.59 Å². The van der Waals surface area contributed by atoms with E-state index in [1.165, 1.54) is 5.57 Å². The van der Waals surface area contributed by atoms with E-state index in [0.717, 1.165) is 49.7 Å². The first-order valence-electron chi connectivity index (χ1n) is 12.1. The normalized spacial score (nSPS) is 37.0. The second kappa shape index (κ2) is 7.20. The van der Waals surface area contributed by atoms with E-state index >= 15 is 0 Å². The summed E-state index contributed by atoms with van der Waals surface area (Å²) in [4.78, 5) is 24.0. The molecule has 2 N–H and O–H groups in total. The van der Waals surface area contributed by atoms with Crippen molar-refractivity contribution in [2.75, 3.05) is 0 Å². The van der Waals surface area contributed by atoms with E-state index in [4.69, 9.17) is 0 Å². The van der Waals surface area contributed by atoms with Crippen LogP contribution in [-0.4, -0.2) is 22.0 Å². The number of ketones is 1. The minimum Gasteiger partial charge on any atom is -0.504 e. The van der Waals surface area contributed by atoms with E-state index in [2.05, 4.69) is 32.9 Å². The van der Waals surface area contributed by atoms with Crippen molar-refractivity contribution in [3.05, 3.63) is 46.3 Å². The summed E-state index contributed by atoms with van der Waals surface area (Å²) in [6.07, 6.45) is 13.1. The number of rotatable bonds is 4. The molecule has 0 aromatic heterocycles. The molecule has 4 aliphatic carbocycles. The van der Waals surface area contributed by atoms with Crippen molar-refractivity contribution in [2.24, 2.45) is 27.6 Å². The van der Waals surface area contributed by atoms with E-state index in [0.29, 0.717) is 17.9 Å². The number of aliphatic hydroxyl groups is 1. The fourth-order valence-corrected chi connectivity index (χ4v) is 6.92. The topological polar surface area (TPSA) is 74.6 Å². The molecule has 4 heteroatoms. The summed E-state index contributed by atoms with van der Waals surface area (Å²) in [6.45, 7) is 12.6. The van der Waals surface area contributed by atoms with Crippen molar-refractivity contribution in [3.63, 3.8) is 0 Å². The van der Waals surface area contributed by atoms with Gasteiger partial charge in [0.15, 0.2) is 5.76 Å². The molecule has 4 unspecified atom stereocenters. The van der Waals surface area contributed by atoms with Crippen LogP contribution < -0.4 is 0 Å². The van der Waals surface area contributed by atoms with Gasteiger partial charge < -0.3 is 10.2 Å². The number of aliphatic carboxylic acids is 1. The Bertz CT molecular complexity index is 1010. The van der Waals surface area contributed by atoms with E-state index in [1.807, 2.05) is 20.8 Å². The molecule has 2 fully saturated rings. The smallest absolute Gasteiger partial charge is 0.309 e. The largest absolute Gasteiger partial charge is 0.504 e. The zero-order chi connectivity index (χ0) is 23.7. The number of carboxylic acids is 1. The predicted molar refractivity (Wildman–Crippen MR) is 126 cm³/mol. The van der Waals surface area contributed by atoms with Crippen LogP contribution in [0, 0.1) is 27.6 Å². The molecule has 0 radical (unpaired) electrons. The van der Waals surface area contributed by atoms with Gasteiger partial charge in [0, 0.05) is 11.0 Å². The second-order valence-corrected chi connectivity index (χ2v) is 12.2. The van der Waals surface area contributed by atoms with Crippen molar-refractivity contribution in [2.45, 2.75) is 86.5 Å². The molecule has 0 aromatic carbocycles. The highest BCUT2D eigenvalue weighted by molar-refractivity contribution is 6.06. The van der Waals surface area contributed by atoms with Gasteiger partial charge in [0.05, 0.1) is 5.41 Å². The van der Waals surface area contributed by atoms with Gasteiger partial charge in [0.2, 0.25) is 5.78 Å². The summed E-state index contributed by atoms with van der Waals surface area (Å²) >= 11 is 0. The van der Waals surface area contributed by atoms with Crippen molar-refractivity contribution < 1.29 is 19.8 Å². The summed E-state index contributed by atoms with van der Waals surface area (Å²) in [5.41, 5.74) is 3.60. The average molecular weight is 439 g/mol. The Morgan fingerprint density at radius 3 is 2.50 bits per heavy atom. The van der Waals surface area contributed by atoms with Crippen molar-refractivity contribution >= 4 is 11.8 Å². The first-order valence-corrected chi connectivity index (χ1v) is 12.1. The van der Waals surface area contributed by atoms with Crippen LogP contribution in [0.2, 0.25) is 0 Å². The Labute approximate surface area is 192 Å². The molecule has 2 saturated carbocycles. The molecule has 4 nitrogen and oxygen atoms in total. The Morgan fingerprint density at radius 1 is 1.16 bits per heavy atom. The molecule has 0 saturated heterocycles. The van der Waals surface area contributed by atoms with Crippen molar-refractivity contribution in [3.8, 4) is 0 Å². The lowest BCUT2D eigenvalue weighted by atomic mass is 9.45. The number of aliphatic hydroxyl groups excluding tert-OH is 1. The van der Waals surface area contributed by atoms with Gasteiger partial charge >= 0.3 is 5.97 Å². The van der Waals surface area contributed by atoms with Crippen LogP contribution in [0.5, 0.6) is 0 Å². The summed E-state index contributed by atoms with van der Waals surface area (Å²) < 4.78 is 0. The van der Waals surface area contributed by atoms with Gasteiger partial charge in [0.1, 0.15) is 0 Å². The van der Waals surface area contributed by atoms with Crippen molar-refractivity contribution in [1.82, 2.24) is 0 Å². The monoisotopic (exact) mass is 438 g/mol. The van der Waals surface area contributed by atoms with E-state index in [-0.39, 0.29) is 27.8 Å². The molecular weight excluding hydrogens is 400 g/mol. The molecule has 0 amide bonds. The van der Waals surface area contributed by atoms with Crippen LogP contribution in [0.4, 0.5) is 0 Å². The highest BCUT2D eigenvalue weighted by atomic mass is 16.4. The Hall–Kier alpha value is -2.10. The van der Waals surface area contributed by atoms with Gasteiger partial charge in [-0.05, 0) is 99.7 Å². The highest BCUT2D eigenvalue weighted by Gasteiger charge is 2.56. The minimum absolute atomic E-state index is 0.0812. The Balaban J connectivity index is 1.63. The molecule has 0 heterocycles. The quantitative estimate of drug-likeness (QED) is 0.512. The van der Waals surface area contributed by atoms with E-state index < -0.39 is 11.4 Å². The van der Waals surface area contributed by atoms with Crippen molar-refractivity contribution in [1.29, 1.82) is 0 Å². The molecule has 32 heavy (non-hydrogen) atoms. The zero-order valence-electron chi connectivity index (χ0n) is 20.5. The fourth-order valence-electron chi connectivity index (χ4n) is 6.92. The predicted octanol–water partition coefficient (Wildman–Crippen LogP) is 6.70. The average Bonchev–Trinajstić information content (AvgIpc) is 2.72. The molecule has 0 aliphatic heterocycles. The van der Waals surface area contributed by atoms with Gasteiger partial charge in [0.25, 0.3) is 0 Å². The Morgan fingerprint density at radius 2 is 1.84 bits per heavy atom. The molecule has 174 valence electrons. The molecule has 4 rings (SSSR count). The number of hydrogen-bond donors (Lipinski definition) is 2. The maximum absolute atomic E-state index is 12.5. The molecular formula is C28H38O4. The maximum Gasteiger partial charge on any atom is 0.309 e. The van der Waals surface area contributed by atoms with Crippen LogP contribution in [0.15, 0.2) is 46.3 Å². The van der Waals surface area contributed by atoms with Gasteiger partial charge in [-0.3, -0.25) is 9.59 Å². The van der Waals surface area contributed by atoms with Crippen LogP contribution in [0.1, 0.15) is 86.5 Å². The SMILES string of the molecule is CC1=C(O)C(=O)C=C2C1=CC=C1C2(C)CCC2CC(C)(CCC(C)(C)C(=O)O)CCC12C. The van der Waals surface area contributed by atoms with E-state index in [9.17, 15) is 19.8 Å². The maximum atomic E-state index is 12.5. The zero-order valence-corrected chi connectivity index (χ0v) is 20.5. The summed E-state index contributed by atoms with van der Waals surface area (Å²) in [6, 6.07) is 0. The fraction of sp³-hybridized carbons (Fsp3) is 0.643. The number of fused-ring (bicyclic) bond motifs is 5. The molecule has 0 spiro atoms. The standard InChI is InChI=1S/C28H38O4/c1-17-19-7-8-22-27(5)14-13-26(4,12-11-25(2,3)24(31)32)16-18(27)9-10-28(22,6)20(19)15-21(29)23(17)30/h7-8,15,18,30H,9-14,16H2,1-6H3,(H,31,32). The van der Waals surface area contributed by atoms with E-state index in [1.54, 1.807) is 6.08 Å². The van der Waals surface area contributed by atoms with Crippen LogP contribution in [0.3, 0.4) is 0 Å². The third kappa shape index (κ3) is 3.33. The first kappa shape index (κ1) is 23.1. The third-order valence-electron chi connectivity index (χ3n) is 9.59. The molecule has 0 bridgehead atoms. The molecule has 4 atom stereocenters. The Kier molecular flexibility index (Phi) is 5.19. The highest BCUT2D eigenvalue weighted by Crippen LogP contribution is 2.66. The molecule has 0 aromatic rings. The van der Waals surface area contributed by atoms with Gasteiger partial charge in [-0.2, -0.15) is 0 Å². The number of carbonyl (C=O) groups is 2. The lowest BCUT2D eigenvalue weighted by Crippen LogP contribution is -2.49. The molecule has 4 aliphatic rings. The van der Waals surface area contributed by atoms with Crippen LogP contribution >= 0.6 is 0 Å². The second-order valence-electron chi connectivity index (χ2n) is 12.2. The summed E-state index contributed by atoms with van der Waals surface area (Å²) in [7, 11) is 0. The summed E-state index contributed by atoms with van der Waals surface area (Å²) in [5, 5.41) is 19.7.